The van der Waals surface area contributed by atoms with Crippen LogP contribution in [-0.4, -0.2) is 42.2 Å². The van der Waals surface area contributed by atoms with E-state index in [4.69, 9.17) is 9.84 Å². The Balaban J connectivity index is 1.74. The Labute approximate surface area is 132 Å². The van der Waals surface area contributed by atoms with Crippen LogP contribution in [0.3, 0.4) is 0 Å². The molecule has 1 N–H and O–H groups in total. The van der Waals surface area contributed by atoms with Crippen LogP contribution in [0, 0.1) is 5.92 Å². The summed E-state index contributed by atoms with van der Waals surface area (Å²) in [5.74, 6) is -0.898. The Kier molecular flexibility index (Phi) is 5.87. The van der Waals surface area contributed by atoms with Gasteiger partial charge in [-0.1, -0.05) is 6.07 Å². The highest BCUT2D eigenvalue weighted by molar-refractivity contribution is 5.70. The van der Waals surface area contributed by atoms with Crippen molar-refractivity contribution < 1.29 is 27.8 Å². The van der Waals surface area contributed by atoms with Crippen molar-refractivity contribution in [3.8, 4) is 5.75 Å². The maximum Gasteiger partial charge on any atom is 0.416 e. The molecule has 0 aliphatic carbocycles. The van der Waals surface area contributed by atoms with E-state index < -0.39 is 17.7 Å². The summed E-state index contributed by atoms with van der Waals surface area (Å²) < 4.78 is 43.1. The predicted molar refractivity (Wildman–Crippen MR) is 78.4 cm³/mol. The number of nitrogens with zero attached hydrogens (tertiary/aromatic N) is 1. The first-order valence-corrected chi connectivity index (χ1v) is 7.61. The molecular formula is C16H20F3NO3. The molecule has 1 unspecified atom stereocenters. The number of rotatable bonds is 6. The number of halogens is 3. The fraction of sp³-hybridized carbons (Fsp3) is 0.562. The Morgan fingerprint density at radius 1 is 1.39 bits per heavy atom. The van der Waals surface area contributed by atoms with Crippen LogP contribution in [0.25, 0.3) is 0 Å². The predicted octanol–water partition coefficient (Wildman–Crippen LogP) is 3.27. The molecule has 0 radical (unpaired) electrons. The molecule has 1 aromatic rings. The number of carbonyl (C=O) groups is 1. The second kappa shape index (κ2) is 7.68. The average molecular weight is 331 g/mol. The zero-order valence-electron chi connectivity index (χ0n) is 12.7. The smallest absolute Gasteiger partial charge is 0.416 e. The molecular weight excluding hydrogens is 311 g/mol. The topological polar surface area (TPSA) is 49.8 Å². The van der Waals surface area contributed by atoms with Crippen LogP contribution in [0.1, 0.15) is 24.8 Å². The standard InChI is InChI=1S/C16H20F3NO3/c17-16(18,19)13-5-1-6-14(10-13)23-9-3-8-20-7-2-4-12(11-20)15(21)22/h1,5-6,10,12H,2-4,7-9,11H2,(H,21,22). The maximum absolute atomic E-state index is 12.6. The van der Waals surface area contributed by atoms with Crippen molar-refractivity contribution in [3.63, 3.8) is 0 Å². The molecule has 1 atom stereocenters. The normalized spacial score (nSPS) is 19.5. The van der Waals surface area contributed by atoms with E-state index in [1.165, 1.54) is 12.1 Å². The molecule has 0 aromatic heterocycles. The highest BCUT2D eigenvalue weighted by atomic mass is 19.4. The van der Waals surface area contributed by atoms with Crippen LogP contribution in [0.15, 0.2) is 24.3 Å². The molecule has 0 saturated carbocycles. The van der Waals surface area contributed by atoms with Gasteiger partial charge in [-0.15, -0.1) is 0 Å². The number of hydrogen-bond donors (Lipinski definition) is 1. The summed E-state index contributed by atoms with van der Waals surface area (Å²) in [6, 6.07) is 4.81. The molecule has 1 saturated heterocycles. The summed E-state index contributed by atoms with van der Waals surface area (Å²) in [6.45, 7) is 2.37. The third-order valence-corrected chi connectivity index (χ3v) is 3.90. The minimum absolute atomic E-state index is 0.196. The molecule has 2 rings (SSSR count). The Morgan fingerprint density at radius 3 is 2.87 bits per heavy atom. The minimum Gasteiger partial charge on any atom is -0.494 e. The van der Waals surface area contributed by atoms with Gasteiger partial charge in [0.1, 0.15) is 5.75 Å². The van der Waals surface area contributed by atoms with Crippen molar-refractivity contribution in [2.45, 2.75) is 25.4 Å². The lowest BCUT2D eigenvalue weighted by Crippen LogP contribution is -2.39. The summed E-state index contributed by atoms with van der Waals surface area (Å²) >= 11 is 0. The molecule has 0 amide bonds. The van der Waals surface area contributed by atoms with Crippen molar-refractivity contribution in [2.75, 3.05) is 26.2 Å². The number of alkyl halides is 3. The van der Waals surface area contributed by atoms with Crippen LogP contribution < -0.4 is 4.74 Å². The lowest BCUT2D eigenvalue weighted by Gasteiger charge is -2.30. The van der Waals surface area contributed by atoms with Crippen molar-refractivity contribution in [3.05, 3.63) is 29.8 Å². The SMILES string of the molecule is O=C(O)C1CCCN(CCCOc2cccc(C(F)(F)F)c2)C1. The minimum atomic E-state index is -4.38. The van der Waals surface area contributed by atoms with Gasteiger partial charge in [-0.25, -0.2) is 0 Å². The zero-order valence-corrected chi connectivity index (χ0v) is 12.7. The first kappa shape index (κ1) is 17.6. The summed E-state index contributed by atoms with van der Waals surface area (Å²) in [7, 11) is 0. The van der Waals surface area contributed by atoms with E-state index in [1.807, 2.05) is 0 Å². The molecule has 7 heteroatoms. The number of carboxylic acid groups (broad SMARTS) is 1. The van der Waals surface area contributed by atoms with E-state index in [9.17, 15) is 18.0 Å². The molecule has 1 fully saturated rings. The lowest BCUT2D eigenvalue weighted by molar-refractivity contribution is -0.143. The van der Waals surface area contributed by atoms with Crippen molar-refractivity contribution >= 4 is 5.97 Å². The Bertz CT molecular complexity index is 534. The van der Waals surface area contributed by atoms with Gasteiger partial charge in [0.05, 0.1) is 18.1 Å². The largest absolute Gasteiger partial charge is 0.494 e. The van der Waals surface area contributed by atoms with Crippen LogP contribution in [0.5, 0.6) is 5.75 Å². The van der Waals surface area contributed by atoms with Crippen LogP contribution in [0.4, 0.5) is 13.2 Å². The summed E-state index contributed by atoms with van der Waals surface area (Å²) in [5, 5.41) is 9.02. The van der Waals surface area contributed by atoms with Crippen molar-refractivity contribution in [1.29, 1.82) is 0 Å². The van der Waals surface area contributed by atoms with E-state index >= 15 is 0 Å². The highest BCUT2D eigenvalue weighted by Crippen LogP contribution is 2.31. The summed E-state index contributed by atoms with van der Waals surface area (Å²) in [6.07, 6.45) is -2.18. The first-order chi connectivity index (χ1) is 10.9. The maximum atomic E-state index is 12.6. The molecule has 0 spiro atoms. The number of ether oxygens (including phenoxy) is 1. The molecule has 1 aliphatic rings. The second-order valence-corrected chi connectivity index (χ2v) is 5.71. The zero-order chi connectivity index (χ0) is 16.9. The third kappa shape index (κ3) is 5.42. The van der Waals surface area contributed by atoms with Gasteiger partial charge in [0, 0.05) is 13.1 Å². The number of hydrogen-bond acceptors (Lipinski definition) is 3. The van der Waals surface area contributed by atoms with Crippen molar-refractivity contribution in [1.82, 2.24) is 4.90 Å². The quantitative estimate of drug-likeness (QED) is 0.813. The first-order valence-electron chi connectivity index (χ1n) is 7.61. The van der Waals surface area contributed by atoms with E-state index in [0.29, 0.717) is 32.5 Å². The van der Waals surface area contributed by atoms with E-state index in [2.05, 4.69) is 4.90 Å². The summed E-state index contributed by atoms with van der Waals surface area (Å²) in [5.41, 5.74) is -0.727. The fourth-order valence-electron chi connectivity index (χ4n) is 2.70. The summed E-state index contributed by atoms with van der Waals surface area (Å²) in [4.78, 5) is 13.1. The average Bonchev–Trinajstić information content (AvgIpc) is 2.51. The van der Waals surface area contributed by atoms with Crippen molar-refractivity contribution in [2.24, 2.45) is 5.92 Å². The number of benzene rings is 1. The Hall–Kier alpha value is -1.76. The third-order valence-electron chi connectivity index (χ3n) is 3.90. The van der Waals surface area contributed by atoms with Crippen LogP contribution >= 0.6 is 0 Å². The van der Waals surface area contributed by atoms with E-state index in [-0.39, 0.29) is 11.7 Å². The molecule has 1 aliphatic heterocycles. The second-order valence-electron chi connectivity index (χ2n) is 5.71. The van der Waals surface area contributed by atoms with Gasteiger partial charge < -0.3 is 14.7 Å². The lowest BCUT2D eigenvalue weighted by atomic mass is 9.98. The van der Waals surface area contributed by atoms with Gasteiger partial charge >= 0.3 is 12.1 Å². The number of piperidine rings is 1. The van der Waals surface area contributed by atoms with E-state index in [1.54, 1.807) is 0 Å². The van der Waals surface area contributed by atoms with Gasteiger partial charge in [0.15, 0.2) is 0 Å². The Morgan fingerprint density at radius 2 is 2.17 bits per heavy atom. The monoisotopic (exact) mass is 331 g/mol. The molecule has 1 heterocycles. The fourth-order valence-corrected chi connectivity index (χ4v) is 2.70. The molecule has 1 aromatic carbocycles. The molecule has 4 nitrogen and oxygen atoms in total. The van der Waals surface area contributed by atoms with Crippen LogP contribution in [0.2, 0.25) is 0 Å². The van der Waals surface area contributed by atoms with Gasteiger partial charge in [-0.05, 0) is 44.0 Å². The van der Waals surface area contributed by atoms with Gasteiger partial charge in [-0.3, -0.25) is 4.79 Å². The van der Waals surface area contributed by atoms with Crippen LogP contribution in [-0.2, 0) is 11.0 Å². The van der Waals surface area contributed by atoms with E-state index in [0.717, 1.165) is 25.1 Å². The number of carboxylic acids is 1. The molecule has 0 bridgehead atoms. The van der Waals surface area contributed by atoms with Gasteiger partial charge in [0.2, 0.25) is 0 Å². The van der Waals surface area contributed by atoms with Gasteiger partial charge in [0.25, 0.3) is 0 Å². The number of aliphatic carboxylic acids is 1. The highest BCUT2D eigenvalue weighted by Gasteiger charge is 2.30. The van der Waals surface area contributed by atoms with Gasteiger partial charge in [-0.2, -0.15) is 13.2 Å². The molecule has 23 heavy (non-hydrogen) atoms. The molecule has 128 valence electrons. The number of likely N-dealkylation sites (tertiary alicyclic amines) is 1.